The van der Waals surface area contributed by atoms with Crippen LogP contribution in [0.2, 0.25) is 0 Å². The molecule has 0 aromatic carbocycles. The van der Waals surface area contributed by atoms with Crippen LogP contribution in [-0.4, -0.2) is 76.7 Å². The molecule has 35 heavy (non-hydrogen) atoms. The van der Waals surface area contributed by atoms with Gasteiger partial charge in [-0.2, -0.15) is 0 Å². The molecule has 3 rings (SSSR count). The molecule has 2 heterocycles. The molecule has 2 aliphatic rings. The fraction of sp³-hybridized carbons (Fsp3) is 0.654. The largest absolute Gasteiger partial charge is 0.492 e. The lowest BCUT2D eigenvalue weighted by atomic mass is 9.87. The Bertz CT molecular complexity index is 868. The Morgan fingerprint density at radius 3 is 2.43 bits per heavy atom. The summed E-state index contributed by atoms with van der Waals surface area (Å²) in [5, 5.41) is 21.0. The highest BCUT2D eigenvalue weighted by Gasteiger charge is 2.27. The van der Waals surface area contributed by atoms with Gasteiger partial charge in [-0.15, -0.1) is 0 Å². The van der Waals surface area contributed by atoms with E-state index in [0.717, 1.165) is 36.3 Å². The normalized spacial score (nSPS) is 19.3. The van der Waals surface area contributed by atoms with Crippen molar-refractivity contribution in [1.82, 2.24) is 15.2 Å². The molecule has 194 valence electrons. The molecule has 0 spiro atoms. The number of hydrogen-bond acceptors (Lipinski definition) is 7. The van der Waals surface area contributed by atoms with E-state index in [9.17, 15) is 9.59 Å². The van der Waals surface area contributed by atoms with Crippen molar-refractivity contribution in [3.8, 4) is 5.75 Å². The van der Waals surface area contributed by atoms with Gasteiger partial charge in [0.1, 0.15) is 11.4 Å². The van der Waals surface area contributed by atoms with Gasteiger partial charge in [0.25, 0.3) is 0 Å². The van der Waals surface area contributed by atoms with E-state index in [1.54, 1.807) is 11.1 Å². The molecule has 9 nitrogen and oxygen atoms in total. The number of allylic oxidation sites excluding steroid dienone is 2. The van der Waals surface area contributed by atoms with Crippen LogP contribution in [0.25, 0.3) is 5.57 Å². The minimum atomic E-state index is -0.611. The molecule has 3 N–H and O–H groups in total. The number of amides is 2. The van der Waals surface area contributed by atoms with Crippen molar-refractivity contribution in [2.45, 2.75) is 64.5 Å². The van der Waals surface area contributed by atoms with Gasteiger partial charge in [0.15, 0.2) is 0 Å². The second-order valence-electron chi connectivity index (χ2n) is 10.4. The van der Waals surface area contributed by atoms with Crippen molar-refractivity contribution in [1.29, 1.82) is 0 Å². The average molecular weight is 490 g/mol. The van der Waals surface area contributed by atoms with E-state index < -0.39 is 11.6 Å². The number of carbonyl (C=O) groups is 2. The third kappa shape index (κ3) is 8.21. The Labute approximate surface area is 207 Å². The third-order valence-electron chi connectivity index (χ3n) is 6.39. The summed E-state index contributed by atoms with van der Waals surface area (Å²) in [5.41, 5.74) is 1.51. The smallest absolute Gasteiger partial charge is 0.410 e. The van der Waals surface area contributed by atoms with Crippen LogP contribution in [0.15, 0.2) is 24.4 Å². The standard InChI is InChI=1S/C26H39N3O6/c1-26(2,3)35-25(33)29-12-10-18(11-13-29)17-34-22-8-9-23(27-14-22)19-4-6-20(7-5-19)24(32)28-21(15-30)16-31/h4,8-9,14,18,20-21,30-31H,5-7,10-13,15-17H2,1-3H3,(H,28,32). The maximum atomic E-state index is 12.3. The van der Waals surface area contributed by atoms with Crippen molar-refractivity contribution in [2.75, 3.05) is 32.9 Å². The number of aromatic nitrogens is 1. The van der Waals surface area contributed by atoms with Crippen LogP contribution in [0, 0.1) is 11.8 Å². The Hall–Kier alpha value is -2.65. The zero-order chi connectivity index (χ0) is 25.4. The van der Waals surface area contributed by atoms with E-state index in [0.29, 0.717) is 38.5 Å². The predicted molar refractivity (Wildman–Crippen MR) is 132 cm³/mol. The van der Waals surface area contributed by atoms with Crippen molar-refractivity contribution < 1.29 is 29.3 Å². The first-order valence-electron chi connectivity index (χ1n) is 12.5. The summed E-state index contributed by atoms with van der Waals surface area (Å²) in [7, 11) is 0. The number of aliphatic hydroxyl groups excluding tert-OH is 2. The second kappa shape index (κ2) is 12.4. The third-order valence-corrected chi connectivity index (χ3v) is 6.39. The molecule has 1 aromatic heterocycles. The molecule has 1 aliphatic heterocycles. The van der Waals surface area contributed by atoms with Gasteiger partial charge in [0.05, 0.1) is 37.8 Å². The topological polar surface area (TPSA) is 121 Å². The average Bonchev–Trinajstić information content (AvgIpc) is 2.85. The summed E-state index contributed by atoms with van der Waals surface area (Å²) in [4.78, 5) is 30.8. The molecular formula is C26H39N3O6. The van der Waals surface area contributed by atoms with Crippen LogP contribution >= 0.6 is 0 Å². The van der Waals surface area contributed by atoms with Gasteiger partial charge in [-0.3, -0.25) is 9.78 Å². The number of carbonyl (C=O) groups excluding carboxylic acids is 2. The zero-order valence-corrected chi connectivity index (χ0v) is 21.0. The van der Waals surface area contributed by atoms with Crippen molar-refractivity contribution >= 4 is 17.6 Å². The number of aliphatic hydroxyl groups is 2. The first-order chi connectivity index (χ1) is 16.7. The fourth-order valence-electron chi connectivity index (χ4n) is 4.25. The first kappa shape index (κ1) is 26.9. The predicted octanol–water partition coefficient (Wildman–Crippen LogP) is 2.76. The molecule has 9 heteroatoms. The van der Waals surface area contributed by atoms with Gasteiger partial charge < -0.3 is 29.9 Å². The van der Waals surface area contributed by atoms with Crippen LogP contribution in [0.5, 0.6) is 5.75 Å². The number of pyridine rings is 1. The van der Waals surface area contributed by atoms with E-state index in [1.165, 1.54) is 0 Å². The number of nitrogens with zero attached hydrogens (tertiary/aromatic N) is 2. The molecule has 1 aliphatic carbocycles. The lowest BCUT2D eigenvalue weighted by Crippen LogP contribution is -2.43. The highest BCUT2D eigenvalue weighted by molar-refractivity contribution is 5.80. The van der Waals surface area contributed by atoms with Crippen molar-refractivity contribution in [3.05, 3.63) is 30.1 Å². The monoisotopic (exact) mass is 489 g/mol. The number of hydrogen-bond donors (Lipinski definition) is 3. The van der Waals surface area contributed by atoms with Crippen LogP contribution in [0.3, 0.4) is 0 Å². The summed E-state index contributed by atoms with van der Waals surface area (Å²) < 4.78 is 11.4. The Morgan fingerprint density at radius 2 is 1.89 bits per heavy atom. The number of likely N-dealkylation sites (tertiary alicyclic amines) is 1. The Morgan fingerprint density at radius 1 is 1.17 bits per heavy atom. The van der Waals surface area contributed by atoms with Crippen LogP contribution in [0.1, 0.15) is 58.6 Å². The Kier molecular flexibility index (Phi) is 9.51. The molecule has 1 saturated heterocycles. The fourth-order valence-corrected chi connectivity index (χ4v) is 4.25. The highest BCUT2D eigenvalue weighted by Crippen LogP contribution is 2.30. The van der Waals surface area contributed by atoms with Gasteiger partial charge in [-0.05, 0) is 76.5 Å². The van der Waals surface area contributed by atoms with Gasteiger partial charge in [0, 0.05) is 19.0 Å². The van der Waals surface area contributed by atoms with E-state index in [-0.39, 0.29) is 31.1 Å². The molecule has 1 atom stereocenters. The minimum Gasteiger partial charge on any atom is -0.492 e. The molecule has 0 radical (unpaired) electrons. The molecule has 0 bridgehead atoms. The van der Waals surface area contributed by atoms with Crippen molar-refractivity contribution in [3.63, 3.8) is 0 Å². The van der Waals surface area contributed by atoms with Crippen LogP contribution in [0.4, 0.5) is 4.79 Å². The minimum absolute atomic E-state index is 0.137. The highest BCUT2D eigenvalue weighted by atomic mass is 16.6. The van der Waals surface area contributed by atoms with Crippen LogP contribution in [-0.2, 0) is 9.53 Å². The maximum absolute atomic E-state index is 12.3. The van der Waals surface area contributed by atoms with Gasteiger partial charge in [-0.1, -0.05) is 6.08 Å². The summed E-state index contributed by atoms with van der Waals surface area (Å²) in [5.74, 6) is 0.801. The SMILES string of the molecule is CC(C)(C)OC(=O)N1CCC(COc2ccc(C3=CCC(C(=O)NC(CO)CO)CC3)nc2)CC1. The maximum Gasteiger partial charge on any atom is 0.410 e. The zero-order valence-electron chi connectivity index (χ0n) is 21.0. The first-order valence-corrected chi connectivity index (χ1v) is 12.5. The molecule has 0 saturated carbocycles. The summed E-state index contributed by atoms with van der Waals surface area (Å²) in [6.45, 7) is 7.01. The van der Waals surface area contributed by atoms with Crippen molar-refractivity contribution in [2.24, 2.45) is 11.8 Å². The summed E-state index contributed by atoms with van der Waals surface area (Å²) >= 11 is 0. The molecule has 1 unspecified atom stereocenters. The quantitative estimate of drug-likeness (QED) is 0.513. The molecule has 1 fully saturated rings. The van der Waals surface area contributed by atoms with Gasteiger partial charge in [0.2, 0.25) is 5.91 Å². The number of rotatable bonds is 8. The summed E-state index contributed by atoms with van der Waals surface area (Å²) in [6.07, 6.45) is 7.33. The lowest BCUT2D eigenvalue weighted by Gasteiger charge is -2.33. The lowest BCUT2D eigenvalue weighted by molar-refractivity contribution is -0.126. The Balaban J connectivity index is 1.42. The van der Waals surface area contributed by atoms with Crippen LogP contribution < -0.4 is 10.1 Å². The number of ether oxygens (including phenoxy) is 2. The number of piperidine rings is 1. The van der Waals surface area contributed by atoms with E-state index in [1.807, 2.05) is 39.0 Å². The molecule has 1 aromatic rings. The summed E-state index contributed by atoms with van der Waals surface area (Å²) in [6, 6.07) is 3.25. The molecular weight excluding hydrogens is 450 g/mol. The van der Waals surface area contributed by atoms with E-state index in [2.05, 4.69) is 10.3 Å². The molecule has 2 amide bonds. The second-order valence-corrected chi connectivity index (χ2v) is 10.4. The van der Waals surface area contributed by atoms with E-state index >= 15 is 0 Å². The number of nitrogens with one attached hydrogen (secondary N) is 1. The van der Waals surface area contributed by atoms with E-state index in [4.69, 9.17) is 19.7 Å². The van der Waals surface area contributed by atoms with Gasteiger partial charge in [-0.25, -0.2) is 4.79 Å². The van der Waals surface area contributed by atoms with Gasteiger partial charge >= 0.3 is 6.09 Å².